The predicted octanol–water partition coefficient (Wildman–Crippen LogP) is 6.17. The molecule has 0 radical (unpaired) electrons. The van der Waals surface area contributed by atoms with E-state index in [9.17, 15) is 18.0 Å². The van der Waals surface area contributed by atoms with Crippen LogP contribution in [0.25, 0.3) is 10.4 Å². The lowest BCUT2D eigenvalue weighted by Gasteiger charge is -2.18. The number of aryl methyl sites for hydroxylation is 1. The number of hydrogen-bond acceptors (Lipinski definition) is 8. The normalized spacial score (nSPS) is 14.6. The van der Waals surface area contributed by atoms with Gasteiger partial charge in [-0.15, -0.1) is 0 Å². The topological polar surface area (TPSA) is 86.2 Å². The van der Waals surface area contributed by atoms with E-state index in [2.05, 4.69) is 20.3 Å². The van der Waals surface area contributed by atoms with E-state index in [1.165, 1.54) is 7.11 Å². The fourth-order valence-electron chi connectivity index (χ4n) is 3.91. The Labute approximate surface area is 198 Å². The zero-order valence-electron chi connectivity index (χ0n) is 18.6. The van der Waals surface area contributed by atoms with Crippen LogP contribution in [-0.2, 0) is 11.0 Å². The Kier molecular flexibility index (Phi) is 7.01. The van der Waals surface area contributed by atoms with Gasteiger partial charge in [-0.1, -0.05) is 42.7 Å². The SMILES string of the molecule is COc1nc(OC(=O)C2CCCCC2)sc1-c1c(C)cccc1Nc1nccc(C(F)(F)F)n1. The van der Waals surface area contributed by atoms with Crippen molar-refractivity contribution in [3.05, 3.63) is 41.7 Å². The number of esters is 1. The fraction of sp³-hybridized carbons (Fsp3) is 0.391. The van der Waals surface area contributed by atoms with Crippen molar-refractivity contribution in [2.24, 2.45) is 5.92 Å². The first-order valence-corrected chi connectivity index (χ1v) is 11.6. The van der Waals surface area contributed by atoms with Gasteiger partial charge in [-0.05, 0) is 37.5 Å². The number of aromatic nitrogens is 3. The number of halogens is 3. The smallest absolute Gasteiger partial charge is 0.433 e. The highest BCUT2D eigenvalue weighted by atomic mass is 32.1. The number of alkyl halides is 3. The molecule has 1 fully saturated rings. The molecular weight excluding hydrogens is 469 g/mol. The number of thiazole rings is 1. The highest BCUT2D eigenvalue weighted by molar-refractivity contribution is 7.17. The van der Waals surface area contributed by atoms with Crippen LogP contribution in [0.1, 0.15) is 43.4 Å². The summed E-state index contributed by atoms with van der Waals surface area (Å²) in [7, 11) is 1.45. The van der Waals surface area contributed by atoms with Gasteiger partial charge in [0, 0.05) is 11.8 Å². The van der Waals surface area contributed by atoms with Crippen molar-refractivity contribution < 1.29 is 27.4 Å². The average Bonchev–Trinajstić information content (AvgIpc) is 3.21. The number of methoxy groups -OCH3 is 1. The third kappa shape index (κ3) is 5.30. The van der Waals surface area contributed by atoms with Crippen molar-refractivity contribution in [2.45, 2.75) is 45.2 Å². The summed E-state index contributed by atoms with van der Waals surface area (Å²) < 4.78 is 50.2. The van der Waals surface area contributed by atoms with Crippen molar-refractivity contribution in [3.8, 4) is 21.5 Å². The number of ether oxygens (including phenoxy) is 2. The molecule has 0 saturated heterocycles. The van der Waals surface area contributed by atoms with Crippen molar-refractivity contribution in [3.63, 3.8) is 0 Å². The van der Waals surface area contributed by atoms with E-state index in [1.54, 1.807) is 12.1 Å². The van der Waals surface area contributed by atoms with Crippen LogP contribution in [0.4, 0.5) is 24.8 Å². The summed E-state index contributed by atoms with van der Waals surface area (Å²) in [6.45, 7) is 1.85. The molecule has 4 rings (SSSR count). The van der Waals surface area contributed by atoms with Crippen LogP contribution in [0.3, 0.4) is 0 Å². The largest absolute Gasteiger partial charge is 0.480 e. The van der Waals surface area contributed by atoms with Crippen molar-refractivity contribution in [1.29, 1.82) is 0 Å². The third-order valence-electron chi connectivity index (χ3n) is 5.59. The molecule has 0 spiro atoms. The number of anilines is 2. The van der Waals surface area contributed by atoms with Gasteiger partial charge in [-0.25, -0.2) is 9.97 Å². The van der Waals surface area contributed by atoms with Crippen LogP contribution in [0.5, 0.6) is 11.1 Å². The van der Waals surface area contributed by atoms with Crippen molar-refractivity contribution in [1.82, 2.24) is 15.0 Å². The van der Waals surface area contributed by atoms with Gasteiger partial charge in [0.15, 0.2) is 0 Å². The molecule has 1 aliphatic rings. The lowest BCUT2D eigenvalue weighted by molar-refractivity contribution is -0.141. The highest BCUT2D eigenvalue weighted by Crippen LogP contribution is 2.45. The van der Waals surface area contributed by atoms with E-state index in [-0.39, 0.29) is 28.9 Å². The minimum absolute atomic E-state index is 0.138. The molecule has 180 valence electrons. The Morgan fingerprint density at radius 1 is 1.15 bits per heavy atom. The predicted molar refractivity (Wildman–Crippen MR) is 121 cm³/mol. The molecule has 0 unspecified atom stereocenters. The van der Waals surface area contributed by atoms with Gasteiger partial charge < -0.3 is 14.8 Å². The second-order valence-electron chi connectivity index (χ2n) is 7.96. The van der Waals surface area contributed by atoms with E-state index < -0.39 is 11.9 Å². The summed E-state index contributed by atoms with van der Waals surface area (Å²) in [6, 6.07) is 6.10. The maximum absolute atomic E-state index is 13.1. The Morgan fingerprint density at radius 2 is 1.91 bits per heavy atom. The summed E-state index contributed by atoms with van der Waals surface area (Å²) in [6.07, 6.45) is 1.19. The van der Waals surface area contributed by atoms with Gasteiger partial charge in [0.2, 0.25) is 11.8 Å². The average molecular weight is 493 g/mol. The summed E-state index contributed by atoms with van der Waals surface area (Å²) in [4.78, 5) is 25.0. The molecule has 0 amide bonds. The Bertz CT molecular complexity index is 1180. The van der Waals surface area contributed by atoms with E-state index in [1.807, 2.05) is 13.0 Å². The molecule has 0 atom stereocenters. The second kappa shape index (κ2) is 9.96. The number of nitrogens with zero attached hydrogens (tertiary/aromatic N) is 3. The number of carbonyl (C=O) groups excluding carboxylic acids is 1. The summed E-state index contributed by atoms with van der Waals surface area (Å²) >= 11 is 1.14. The number of hydrogen-bond donors (Lipinski definition) is 1. The van der Waals surface area contributed by atoms with Gasteiger partial charge in [-0.2, -0.15) is 18.2 Å². The zero-order valence-corrected chi connectivity index (χ0v) is 19.4. The highest BCUT2D eigenvalue weighted by Gasteiger charge is 2.33. The number of benzene rings is 1. The van der Waals surface area contributed by atoms with Crippen LogP contribution >= 0.6 is 11.3 Å². The molecule has 1 N–H and O–H groups in total. The quantitative estimate of drug-likeness (QED) is 0.412. The maximum atomic E-state index is 13.1. The number of rotatable bonds is 6. The molecule has 2 heterocycles. The summed E-state index contributed by atoms with van der Waals surface area (Å²) in [5.74, 6) is -0.392. The molecule has 1 aromatic carbocycles. The molecule has 2 aromatic heterocycles. The first-order chi connectivity index (χ1) is 16.3. The van der Waals surface area contributed by atoms with Crippen LogP contribution in [0.15, 0.2) is 30.5 Å². The van der Waals surface area contributed by atoms with Crippen LogP contribution in [0, 0.1) is 12.8 Å². The van der Waals surface area contributed by atoms with Gasteiger partial charge in [0.25, 0.3) is 5.19 Å². The first kappa shape index (κ1) is 23.9. The van der Waals surface area contributed by atoms with Gasteiger partial charge in [0.1, 0.15) is 10.6 Å². The molecule has 7 nitrogen and oxygen atoms in total. The molecular formula is C23H23F3N4O3S. The monoisotopic (exact) mass is 492 g/mol. The minimum Gasteiger partial charge on any atom is -0.480 e. The first-order valence-electron chi connectivity index (χ1n) is 10.8. The fourth-order valence-corrected chi connectivity index (χ4v) is 4.92. The zero-order chi connectivity index (χ0) is 24.3. The Balaban J connectivity index is 1.65. The third-order valence-corrected chi connectivity index (χ3v) is 6.52. The molecule has 0 bridgehead atoms. The molecule has 1 saturated carbocycles. The number of carbonyl (C=O) groups is 1. The lowest BCUT2D eigenvalue weighted by atomic mass is 9.89. The Hall–Kier alpha value is -3.21. The van der Waals surface area contributed by atoms with Crippen molar-refractivity contribution in [2.75, 3.05) is 12.4 Å². The van der Waals surface area contributed by atoms with E-state index in [0.29, 0.717) is 16.1 Å². The van der Waals surface area contributed by atoms with E-state index in [4.69, 9.17) is 9.47 Å². The van der Waals surface area contributed by atoms with Gasteiger partial charge in [0.05, 0.1) is 18.7 Å². The lowest BCUT2D eigenvalue weighted by Crippen LogP contribution is -2.22. The summed E-state index contributed by atoms with van der Waals surface area (Å²) in [5, 5.41) is 3.03. The molecule has 11 heteroatoms. The van der Waals surface area contributed by atoms with Crippen molar-refractivity contribution >= 4 is 28.9 Å². The molecule has 3 aromatic rings. The van der Waals surface area contributed by atoms with Crippen LogP contribution in [0.2, 0.25) is 0 Å². The molecule has 0 aliphatic heterocycles. The molecule has 34 heavy (non-hydrogen) atoms. The van der Waals surface area contributed by atoms with E-state index in [0.717, 1.165) is 61.3 Å². The van der Waals surface area contributed by atoms with Crippen LogP contribution in [-0.4, -0.2) is 28.0 Å². The summed E-state index contributed by atoms with van der Waals surface area (Å²) in [5.41, 5.74) is 0.861. The molecule has 1 aliphatic carbocycles. The number of nitrogens with one attached hydrogen (secondary N) is 1. The minimum atomic E-state index is -4.59. The second-order valence-corrected chi connectivity index (χ2v) is 8.92. The van der Waals surface area contributed by atoms with Crippen LogP contribution < -0.4 is 14.8 Å². The standard InChI is InChI=1S/C23H23F3N4O3S/c1-13-7-6-10-15(28-21-27-12-11-16(29-21)23(24,25)26)17(13)18-19(32-2)30-22(34-18)33-20(31)14-8-4-3-5-9-14/h6-7,10-12,14H,3-5,8-9H2,1-2H3,(H,27,28,29). The van der Waals surface area contributed by atoms with E-state index >= 15 is 0 Å². The van der Waals surface area contributed by atoms with Gasteiger partial charge >= 0.3 is 12.1 Å². The Morgan fingerprint density at radius 3 is 2.62 bits per heavy atom. The maximum Gasteiger partial charge on any atom is 0.433 e. The van der Waals surface area contributed by atoms with Gasteiger partial charge in [-0.3, -0.25) is 4.79 Å².